The fourth-order valence-corrected chi connectivity index (χ4v) is 10.7. The summed E-state index contributed by atoms with van der Waals surface area (Å²) >= 11 is 0. The number of rotatable bonds is 4. The molecule has 0 spiro atoms. The standard InChI is InChI=1S/C42H48N4/c1-5-17-31(18-6-1)43-35-25-13-14-26-36(35)44(32-19-7-2-8-20-32)40-30-42-41(29-39(40)43)45(33-21-9-3-10-22-33)37-27-15-16-28-38(37)46(42)34-23-11-4-12-24-34/h1-12,17-24,35-42H,13-16,25-30H2. The SMILES string of the molecule is c1ccc(N2C3CCCCC3N(c3ccccc3)C3CC4C(CC32)N(c2ccccc2)C2CCCCC2N4c2ccccc2)cc1. The van der Waals surface area contributed by atoms with Crippen LogP contribution < -0.4 is 19.6 Å². The van der Waals surface area contributed by atoms with Crippen LogP contribution in [0.5, 0.6) is 0 Å². The second kappa shape index (κ2) is 12.0. The summed E-state index contributed by atoms with van der Waals surface area (Å²) in [7, 11) is 0. The third kappa shape index (κ3) is 4.70. The number of anilines is 4. The lowest BCUT2D eigenvalue weighted by Crippen LogP contribution is -2.78. The highest BCUT2D eigenvalue weighted by molar-refractivity contribution is 5.62. The normalized spacial score (nSPS) is 32.2. The van der Waals surface area contributed by atoms with Crippen molar-refractivity contribution in [2.45, 2.75) is 113 Å². The Kier molecular flexibility index (Phi) is 7.40. The second-order valence-corrected chi connectivity index (χ2v) is 14.6. The first-order chi connectivity index (χ1) is 22.9. The van der Waals surface area contributed by atoms with Crippen molar-refractivity contribution in [3.05, 3.63) is 121 Å². The molecule has 4 aromatic rings. The zero-order chi connectivity index (χ0) is 30.5. The van der Waals surface area contributed by atoms with Crippen LogP contribution >= 0.6 is 0 Å². The molecule has 0 aromatic heterocycles. The molecule has 2 saturated heterocycles. The lowest BCUT2D eigenvalue weighted by atomic mass is 9.70. The van der Waals surface area contributed by atoms with Gasteiger partial charge in [-0.15, -0.1) is 0 Å². The van der Waals surface area contributed by atoms with Crippen LogP contribution in [0.15, 0.2) is 121 Å². The molecule has 0 bridgehead atoms. The quantitative estimate of drug-likeness (QED) is 0.229. The molecule has 9 rings (SSSR count). The summed E-state index contributed by atoms with van der Waals surface area (Å²) in [5.41, 5.74) is 5.72. The van der Waals surface area contributed by atoms with Crippen LogP contribution in [0.1, 0.15) is 64.2 Å². The molecule has 3 aliphatic carbocycles. The average molecular weight is 609 g/mol. The van der Waals surface area contributed by atoms with E-state index in [2.05, 4.69) is 141 Å². The first-order valence-electron chi connectivity index (χ1n) is 18.2. The van der Waals surface area contributed by atoms with Crippen molar-refractivity contribution in [2.24, 2.45) is 0 Å². The maximum atomic E-state index is 2.95. The van der Waals surface area contributed by atoms with E-state index in [-0.39, 0.29) is 0 Å². The summed E-state index contributed by atoms with van der Waals surface area (Å²) in [6, 6.07) is 50.0. The van der Waals surface area contributed by atoms with Gasteiger partial charge in [0.25, 0.3) is 0 Å². The molecule has 0 N–H and O–H groups in total. The Labute approximate surface area is 275 Å². The minimum absolute atomic E-state index is 0.451. The molecule has 4 nitrogen and oxygen atoms in total. The van der Waals surface area contributed by atoms with Crippen LogP contribution in [0.25, 0.3) is 0 Å². The van der Waals surface area contributed by atoms with Crippen LogP contribution in [0.4, 0.5) is 22.7 Å². The third-order valence-corrected chi connectivity index (χ3v) is 12.3. The van der Waals surface area contributed by atoms with Gasteiger partial charge in [-0.1, -0.05) is 98.5 Å². The van der Waals surface area contributed by atoms with Gasteiger partial charge in [0.15, 0.2) is 0 Å². The molecule has 2 heterocycles. The first kappa shape index (κ1) is 28.3. The summed E-state index contributed by atoms with van der Waals surface area (Å²) in [5.74, 6) is 0. The van der Waals surface area contributed by atoms with Crippen molar-refractivity contribution in [3.8, 4) is 0 Å². The Hall–Kier alpha value is -3.92. The van der Waals surface area contributed by atoms with Gasteiger partial charge in [-0.05, 0) is 87.1 Å². The van der Waals surface area contributed by atoms with E-state index in [1.54, 1.807) is 0 Å². The Morgan fingerprint density at radius 3 is 0.717 bits per heavy atom. The Morgan fingerprint density at radius 1 is 0.283 bits per heavy atom. The molecular weight excluding hydrogens is 560 g/mol. The van der Waals surface area contributed by atoms with E-state index in [0.717, 1.165) is 0 Å². The van der Waals surface area contributed by atoms with Crippen molar-refractivity contribution in [1.29, 1.82) is 0 Å². The maximum absolute atomic E-state index is 2.95. The van der Waals surface area contributed by atoms with E-state index in [1.807, 2.05) is 0 Å². The van der Waals surface area contributed by atoms with Crippen LogP contribution in [0, 0.1) is 0 Å². The van der Waals surface area contributed by atoms with Crippen molar-refractivity contribution in [3.63, 3.8) is 0 Å². The zero-order valence-corrected chi connectivity index (χ0v) is 27.0. The molecule has 3 saturated carbocycles. The number of piperazine rings is 2. The summed E-state index contributed by atoms with van der Waals surface area (Å²) < 4.78 is 0. The Bertz CT molecular complexity index is 1340. The molecule has 5 aliphatic rings. The predicted molar refractivity (Wildman–Crippen MR) is 192 cm³/mol. The molecular formula is C42H48N4. The number of hydrogen-bond donors (Lipinski definition) is 0. The summed E-state index contributed by atoms with van der Waals surface area (Å²) in [6.07, 6.45) is 12.8. The Balaban J connectivity index is 1.22. The van der Waals surface area contributed by atoms with Gasteiger partial charge in [0.05, 0.1) is 24.2 Å². The highest BCUT2D eigenvalue weighted by Crippen LogP contribution is 2.51. The largest absolute Gasteiger partial charge is 0.361 e. The lowest BCUT2D eigenvalue weighted by molar-refractivity contribution is 0.146. The minimum atomic E-state index is 0.451. The highest BCUT2D eigenvalue weighted by Gasteiger charge is 2.58. The molecule has 4 aromatic carbocycles. The summed E-state index contributed by atoms with van der Waals surface area (Å²) in [5, 5.41) is 0. The zero-order valence-electron chi connectivity index (χ0n) is 27.0. The lowest BCUT2D eigenvalue weighted by Gasteiger charge is -2.67. The molecule has 8 unspecified atom stereocenters. The summed E-state index contributed by atoms with van der Waals surface area (Å²) in [6.45, 7) is 0. The molecule has 236 valence electrons. The molecule has 46 heavy (non-hydrogen) atoms. The van der Waals surface area contributed by atoms with E-state index in [1.165, 1.54) is 87.0 Å². The summed E-state index contributed by atoms with van der Waals surface area (Å²) in [4.78, 5) is 11.8. The van der Waals surface area contributed by atoms with Gasteiger partial charge in [0, 0.05) is 46.9 Å². The van der Waals surface area contributed by atoms with Gasteiger partial charge < -0.3 is 19.6 Å². The first-order valence-corrected chi connectivity index (χ1v) is 18.2. The highest BCUT2D eigenvalue weighted by atomic mass is 15.4. The maximum Gasteiger partial charge on any atom is 0.0518 e. The van der Waals surface area contributed by atoms with E-state index in [0.29, 0.717) is 48.3 Å². The van der Waals surface area contributed by atoms with Gasteiger partial charge in [-0.3, -0.25) is 0 Å². The monoisotopic (exact) mass is 608 g/mol. The van der Waals surface area contributed by atoms with E-state index < -0.39 is 0 Å². The van der Waals surface area contributed by atoms with Crippen molar-refractivity contribution < 1.29 is 0 Å². The number of benzene rings is 4. The van der Waals surface area contributed by atoms with Crippen LogP contribution in [-0.2, 0) is 0 Å². The molecule has 0 amide bonds. The van der Waals surface area contributed by atoms with Gasteiger partial charge in [0.1, 0.15) is 0 Å². The van der Waals surface area contributed by atoms with Crippen LogP contribution in [-0.4, -0.2) is 48.3 Å². The fourth-order valence-electron chi connectivity index (χ4n) is 10.7. The number of fused-ring (bicyclic) bond motifs is 4. The molecule has 2 aliphatic heterocycles. The van der Waals surface area contributed by atoms with Gasteiger partial charge in [0.2, 0.25) is 0 Å². The van der Waals surface area contributed by atoms with E-state index in [4.69, 9.17) is 0 Å². The molecule has 5 fully saturated rings. The van der Waals surface area contributed by atoms with E-state index in [9.17, 15) is 0 Å². The van der Waals surface area contributed by atoms with Crippen LogP contribution in [0.3, 0.4) is 0 Å². The van der Waals surface area contributed by atoms with Gasteiger partial charge in [-0.2, -0.15) is 0 Å². The molecule has 4 heteroatoms. The van der Waals surface area contributed by atoms with Crippen LogP contribution in [0.2, 0.25) is 0 Å². The molecule has 0 radical (unpaired) electrons. The van der Waals surface area contributed by atoms with Crippen molar-refractivity contribution in [1.82, 2.24) is 0 Å². The van der Waals surface area contributed by atoms with Crippen molar-refractivity contribution in [2.75, 3.05) is 19.6 Å². The van der Waals surface area contributed by atoms with Gasteiger partial charge in [-0.25, -0.2) is 0 Å². The molecule has 8 atom stereocenters. The third-order valence-electron chi connectivity index (χ3n) is 12.3. The van der Waals surface area contributed by atoms with Gasteiger partial charge >= 0.3 is 0 Å². The minimum Gasteiger partial charge on any atom is -0.361 e. The smallest absolute Gasteiger partial charge is 0.0518 e. The number of hydrogen-bond acceptors (Lipinski definition) is 4. The average Bonchev–Trinajstić information content (AvgIpc) is 3.13. The number of para-hydroxylation sites is 4. The topological polar surface area (TPSA) is 13.0 Å². The van der Waals surface area contributed by atoms with Crippen molar-refractivity contribution >= 4 is 22.7 Å². The predicted octanol–water partition coefficient (Wildman–Crippen LogP) is 8.93. The number of nitrogens with zero attached hydrogens (tertiary/aromatic N) is 4. The Morgan fingerprint density at radius 2 is 0.500 bits per heavy atom. The fraction of sp³-hybridized carbons (Fsp3) is 0.429. The van der Waals surface area contributed by atoms with E-state index >= 15 is 0 Å². The second-order valence-electron chi connectivity index (χ2n) is 14.6.